The summed E-state index contributed by atoms with van der Waals surface area (Å²) in [6.07, 6.45) is 0. The summed E-state index contributed by atoms with van der Waals surface area (Å²) in [7, 11) is 3.00. The highest BCUT2D eigenvalue weighted by molar-refractivity contribution is 7.80. The molecule has 4 N–H and O–H groups in total. The van der Waals surface area contributed by atoms with Gasteiger partial charge in [-0.25, -0.2) is 0 Å². The van der Waals surface area contributed by atoms with Crippen LogP contribution in [0.3, 0.4) is 0 Å². The van der Waals surface area contributed by atoms with Crippen LogP contribution >= 0.6 is 35.4 Å². The van der Waals surface area contributed by atoms with E-state index in [9.17, 15) is 9.90 Å². The first-order chi connectivity index (χ1) is 12.7. The van der Waals surface area contributed by atoms with Crippen molar-refractivity contribution >= 4 is 63.5 Å². The van der Waals surface area contributed by atoms with E-state index in [1.807, 2.05) is 0 Å². The van der Waals surface area contributed by atoms with Gasteiger partial charge in [-0.2, -0.15) is 0 Å². The number of halogens is 2. The van der Waals surface area contributed by atoms with E-state index in [-0.39, 0.29) is 27.5 Å². The van der Waals surface area contributed by atoms with Gasteiger partial charge in [-0.15, -0.1) is 0 Å². The molecule has 2 rings (SSSR count). The maximum atomic E-state index is 11.1. The third-order valence-electron chi connectivity index (χ3n) is 3.37. The van der Waals surface area contributed by atoms with Gasteiger partial charge in [0.15, 0.2) is 5.11 Å². The second-order valence-electron chi connectivity index (χ2n) is 5.30. The van der Waals surface area contributed by atoms with Crippen molar-refractivity contribution in [2.24, 2.45) is 0 Å². The molecule has 27 heavy (non-hydrogen) atoms. The minimum atomic E-state index is -0.331. The molecule has 0 fully saturated rings. The molecule has 2 aromatic carbocycles. The normalized spacial score (nSPS) is 10.1. The molecule has 0 aliphatic carbocycles. The summed E-state index contributed by atoms with van der Waals surface area (Å²) in [5.74, 6) is 0.433. The van der Waals surface area contributed by atoms with Crippen LogP contribution in [0, 0.1) is 0 Å². The van der Waals surface area contributed by atoms with Crippen LogP contribution in [-0.4, -0.2) is 30.3 Å². The molecule has 7 nitrogen and oxygen atoms in total. The minimum Gasteiger partial charge on any atom is -0.506 e. The zero-order valence-corrected chi connectivity index (χ0v) is 17.0. The Hall–Kier alpha value is -2.42. The summed E-state index contributed by atoms with van der Waals surface area (Å²) in [6.45, 7) is 1.33. The summed E-state index contributed by atoms with van der Waals surface area (Å²) in [6, 6.07) is 5.98. The van der Waals surface area contributed by atoms with Crippen LogP contribution in [0.4, 0.5) is 17.1 Å². The molecule has 0 aliphatic rings. The molecule has 0 radical (unpaired) electrons. The van der Waals surface area contributed by atoms with Gasteiger partial charge in [-0.05, 0) is 24.4 Å². The van der Waals surface area contributed by atoms with Gasteiger partial charge in [0.1, 0.15) is 17.2 Å². The van der Waals surface area contributed by atoms with Crippen LogP contribution < -0.4 is 25.4 Å². The van der Waals surface area contributed by atoms with Crippen molar-refractivity contribution in [3.05, 3.63) is 34.3 Å². The fourth-order valence-electron chi connectivity index (χ4n) is 2.18. The third-order valence-corrected chi connectivity index (χ3v) is 4.18. The average molecular weight is 430 g/mol. The first-order valence-corrected chi connectivity index (χ1v) is 8.71. The third kappa shape index (κ3) is 5.29. The number of phenolic OH excluding ortho intramolecular Hbond substituents is 1. The van der Waals surface area contributed by atoms with E-state index in [1.54, 1.807) is 12.1 Å². The molecule has 1 amide bonds. The van der Waals surface area contributed by atoms with Crippen LogP contribution in [0.1, 0.15) is 6.92 Å². The van der Waals surface area contributed by atoms with E-state index in [4.69, 9.17) is 44.9 Å². The highest BCUT2D eigenvalue weighted by atomic mass is 35.5. The molecule has 0 aromatic heterocycles. The van der Waals surface area contributed by atoms with Gasteiger partial charge in [-0.1, -0.05) is 23.2 Å². The van der Waals surface area contributed by atoms with Crippen molar-refractivity contribution < 1.29 is 19.4 Å². The average Bonchev–Trinajstić information content (AvgIpc) is 2.59. The molecule has 144 valence electrons. The number of hydrogen-bond donors (Lipinski definition) is 4. The Labute approximate surface area is 171 Å². The Balaban J connectivity index is 2.20. The highest BCUT2D eigenvalue weighted by Crippen LogP contribution is 2.37. The number of methoxy groups -OCH3 is 2. The molecule has 0 atom stereocenters. The number of nitrogens with one attached hydrogen (secondary N) is 3. The second kappa shape index (κ2) is 8.98. The van der Waals surface area contributed by atoms with E-state index in [0.29, 0.717) is 27.9 Å². The molecule has 0 heterocycles. The number of ether oxygens (including phenoxy) is 2. The molecule has 10 heteroatoms. The molecule has 0 saturated carbocycles. The topological polar surface area (TPSA) is 91.8 Å². The first kappa shape index (κ1) is 20.9. The zero-order chi connectivity index (χ0) is 20.1. The summed E-state index contributed by atoms with van der Waals surface area (Å²) in [5, 5.41) is 19.1. The number of carbonyl (C=O) groups excluding carboxylic acids is 1. The van der Waals surface area contributed by atoms with Gasteiger partial charge in [0.2, 0.25) is 5.91 Å². The molecule has 0 saturated heterocycles. The fourth-order valence-corrected chi connectivity index (χ4v) is 2.85. The molecule has 0 unspecified atom stereocenters. The van der Waals surface area contributed by atoms with Crippen molar-refractivity contribution in [1.29, 1.82) is 0 Å². The van der Waals surface area contributed by atoms with Crippen LogP contribution in [-0.2, 0) is 4.79 Å². The number of rotatable bonds is 5. The smallest absolute Gasteiger partial charge is 0.221 e. The van der Waals surface area contributed by atoms with Gasteiger partial charge in [-0.3, -0.25) is 4.79 Å². The lowest BCUT2D eigenvalue weighted by Crippen LogP contribution is -2.20. The molecular formula is C17H17Cl2N3O4S. The quantitative estimate of drug-likeness (QED) is 0.411. The number of phenols is 1. The Kier molecular flexibility index (Phi) is 6.95. The van der Waals surface area contributed by atoms with Gasteiger partial charge in [0.25, 0.3) is 0 Å². The number of thiocarbonyl (C=S) groups is 1. The van der Waals surface area contributed by atoms with Crippen LogP contribution in [0.15, 0.2) is 24.3 Å². The lowest BCUT2D eigenvalue weighted by Gasteiger charge is -2.16. The fraction of sp³-hybridized carbons (Fsp3) is 0.176. The Morgan fingerprint density at radius 3 is 2.11 bits per heavy atom. The van der Waals surface area contributed by atoms with Crippen LogP contribution in [0.5, 0.6) is 17.2 Å². The van der Waals surface area contributed by atoms with E-state index in [1.165, 1.54) is 33.3 Å². The number of benzene rings is 2. The minimum absolute atomic E-state index is 0.162. The van der Waals surface area contributed by atoms with Crippen molar-refractivity contribution in [3.63, 3.8) is 0 Å². The molecule has 2 aromatic rings. The number of amides is 1. The Morgan fingerprint density at radius 2 is 1.52 bits per heavy atom. The van der Waals surface area contributed by atoms with Crippen molar-refractivity contribution in [2.75, 3.05) is 30.2 Å². The van der Waals surface area contributed by atoms with E-state index >= 15 is 0 Å². The second-order valence-corrected chi connectivity index (χ2v) is 6.52. The van der Waals surface area contributed by atoms with Crippen molar-refractivity contribution in [2.45, 2.75) is 6.92 Å². The first-order valence-electron chi connectivity index (χ1n) is 7.54. The maximum absolute atomic E-state index is 11.1. The summed E-state index contributed by atoms with van der Waals surface area (Å²) in [5.41, 5.74) is 1.05. The van der Waals surface area contributed by atoms with Gasteiger partial charge in [0, 0.05) is 19.1 Å². The van der Waals surface area contributed by atoms with E-state index in [2.05, 4.69) is 16.0 Å². The van der Waals surface area contributed by atoms with Crippen molar-refractivity contribution in [1.82, 2.24) is 0 Å². The SMILES string of the molecule is COc1cc(OC)c(NC(=S)Nc2cc(O)c(NC(C)=O)cc2Cl)cc1Cl. The zero-order valence-electron chi connectivity index (χ0n) is 14.6. The van der Waals surface area contributed by atoms with Gasteiger partial charge < -0.3 is 30.5 Å². The Morgan fingerprint density at radius 1 is 0.926 bits per heavy atom. The predicted octanol–water partition coefficient (Wildman–Crippen LogP) is 4.48. The number of anilines is 3. The maximum Gasteiger partial charge on any atom is 0.221 e. The van der Waals surface area contributed by atoms with Crippen LogP contribution in [0.2, 0.25) is 10.0 Å². The van der Waals surface area contributed by atoms with Gasteiger partial charge in [0.05, 0.1) is 41.3 Å². The number of aromatic hydroxyl groups is 1. The highest BCUT2D eigenvalue weighted by Gasteiger charge is 2.13. The standard InChI is InChI=1S/C17H17Cl2N3O4S/c1-8(23)20-12-4-9(18)11(6-14(12)24)21-17(27)22-13-5-10(19)15(25-2)7-16(13)26-3/h4-7,24H,1-3H3,(H,20,23)(H2,21,22,27). The Bertz CT molecular complexity index is 893. The predicted molar refractivity (Wildman–Crippen MR) is 112 cm³/mol. The van der Waals surface area contributed by atoms with E-state index in [0.717, 1.165) is 0 Å². The largest absolute Gasteiger partial charge is 0.506 e. The van der Waals surface area contributed by atoms with Crippen LogP contribution in [0.25, 0.3) is 0 Å². The van der Waals surface area contributed by atoms with Crippen molar-refractivity contribution in [3.8, 4) is 17.2 Å². The number of carbonyl (C=O) groups is 1. The summed E-state index contributed by atoms with van der Waals surface area (Å²) in [4.78, 5) is 11.1. The summed E-state index contributed by atoms with van der Waals surface area (Å²) < 4.78 is 10.4. The molecule has 0 aliphatic heterocycles. The summed E-state index contributed by atoms with van der Waals surface area (Å²) >= 11 is 17.6. The lowest BCUT2D eigenvalue weighted by molar-refractivity contribution is -0.114. The molecular weight excluding hydrogens is 413 g/mol. The lowest BCUT2D eigenvalue weighted by atomic mass is 10.2. The monoisotopic (exact) mass is 429 g/mol. The van der Waals surface area contributed by atoms with Gasteiger partial charge >= 0.3 is 0 Å². The number of hydrogen-bond acceptors (Lipinski definition) is 5. The molecule has 0 bridgehead atoms. The molecule has 0 spiro atoms. The van der Waals surface area contributed by atoms with E-state index < -0.39 is 0 Å².